The fourth-order valence-electron chi connectivity index (χ4n) is 1.83. The molecule has 2 aromatic rings. The van der Waals surface area contributed by atoms with Crippen LogP contribution in [0.5, 0.6) is 11.5 Å². The zero-order valence-electron chi connectivity index (χ0n) is 11.6. The molecule has 0 aliphatic heterocycles. The lowest BCUT2D eigenvalue weighted by molar-refractivity contribution is -0.385. The molecular formula is C15H12FNO5. The molecule has 0 spiro atoms. The number of carbonyl (C=O) groups excluding carboxylic acids is 1. The van der Waals surface area contributed by atoms with E-state index in [1.54, 1.807) is 24.3 Å². The van der Waals surface area contributed by atoms with Gasteiger partial charge in [0, 0.05) is 12.1 Å². The van der Waals surface area contributed by atoms with E-state index in [9.17, 15) is 19.3 Å². The molecular weight excluding hydrogens is 293 g/mol. The first kappa shape index (κ1) is 15.4. The Hall–Kier alpha value is -2.96. The number of methoxy groups -OCH3 is 1. The van der Waals surface area contributed by atoms with Crippen LogP contribution in [0.25, 0.3) is 0 Å². The molecule has 0 fully saturated rings. The number of rotatable bonds is 5. The van der Waals surface area contributed by atoms with Crippen molar-refractivity contribution < 1.29 is 23.6 Å². The average molecular weight is 305 g/mol. The molecule has 0 N–H and O–H groups in total. The number of hydrogen-bond donors (Lipinski definition) is 0. The van der Waals surface area contributed by atoms with E-state index >= 15 is 0 Å². The van der Waals surface area contributed by atoms with Crippen molar-refractivity contribution in [1.29, 1.82) is 0 Å². The molecule has 2 rings (SSSR count). The molecule has 0 aliphatic rings. The van der Waals surface area contributed by atoms with Crippen LogP contribution in [0.4, 0.5) is 10.1 Å². The second kappa shape index (κ2) is 6.66. The van der Waals surface area contributed by atoms with Crippen molar-refractivity contribution in [1.82, 2.24) is 0 Å². The summed E-state index contributed by atoms with van der Waals surface area (Å²) in [7, 11) is 1.49. The van der Waals surface area contributed by atoms with Gasteiger partial charge in [-0.25, -0.2) is 4.39 Å². The molecule has 0 amide bonds. The second-order valence-electron chi connectivity index (χ2n) is 4.37. The zero-order valence-corrected chi connectivity index (χ0v) is 11.6. The summed E-state index contributed by atoms with van der Waals surface area (Å²) < 4.78 is 23.1. The summed E-state index contributed by atoms with van der Waals surface area (Å²) in [5.41, 5.74) is 0.142. The van der Waals surface area contributed by atoms with E-state index < -0.39 is 28.1 Å². The van der Waals surface area contributed by atoms with Gasteiger partial charge in [-0.3, -0.25) is 14.9 Å². The molecule has 0 aromatic heterocycles. The Bertz CT molecular complexity index is 717. The van der Waals surface area contributed by atoms with Crippen LogP contribution in [0.15, 0.2) is 42.5 Å². The molecule has 22 heavy (non-hydrogen) atoms. The molecule has 0 bridgehead atoms. The lowest BCUT2D eigenvalue weighted by atomic mass is 10.1. The summed E-state index contributed by atoms with van der Waals surface area (Å²) in [5.74, 6) is -1.31. The van der Waals surface area contributed by atoms with Crippen molar-refractivity contribution in [3.63, 3.8) is 0 Å². The van der Waals surface area contributed by atoms with Crippen molar-refractivity contribution >= 4 is 11.7 Å². The van der Waals surface area contributed by atoms with Crippen LogP contribution < -0.4 is 9.47 Å². The Morgan fingerprint density at radius 1 is 1.27 bits per heavy atom. The fourth-order valence-corrected chi connectivity index (χ4v) is 1.83. The van der Waals surface area contributed by atoms with E-state index in [4.69, 9.17) is 9.47 Å². The van der Waals surface area contributed by atoms with Gasteiger partial charge in [0.2, 0.25) is 5.75 Å². The van der Waals surface area contributed by atoms with E-state index in [0.29, 0.717) is 11.3 Å². The van der Waals surface area contributed by atoms with Gasteiger partial charge in [0.15, 0.2) is 0 Å². The molecule has 2 aromatic carbocycles. The van der Waals surface area contributed by atoms with E-state index in [1.165, 1.54) is 7.11 Å². The topological polar surface area (TPSA) is 78.7 Å². The highest BCUT2D eigenvalue weighted by atomic mass is 19.1. The Morgan fingerprint density at radius 2 is 2.05 bits per heavy atom. The number of halogens is 1. The van der Waals surface area contributed by atoms with Gasteiger partial charge in [0.25, 0.3) is 0 Å². The summed E-state index contributed by atoms with van der Waals surface area (Å²) in [6.07, 6.45) is -0.120. The first-order chi connectivity index (χ1) is 10.5. The predicted octanol–water partition coefficient (Wildman–Crippen LogP) is 2.89. The van der Waals surface area contributed by atoms with Crippen molar-refractivity contribution in [2.45, 2.75) is 6.42 Å². The summed E-state index contributed by atoms with van der Waals surface area (Å²) in [6.45, 7) is 0. The molecule has 0 atom stereocenters. The van der Waals surface area contributed by atoms with Crippen LogP contribution in [0.3, 0.4) is 0 Å². The SMILES string of the molecule is COc1cccc(CC(=O)Oc2cc(F)ccc2[N+](=O)[O-])c1. The lowest BCUT2D eigenvalue weighted by Crippen LogP contribution is -2.12. The van der Waals surface area contributed by atoms with Crippen LogP contribution in [0.2, 0.25) is 0 Å². The van der Waals surface area contributed by atoms with E-state index in [2.05, 4.69) is 0 Å². The Balaban J connectivity index is 2.15. The number of nitrogens with zero attached hydrogens (tertiary/aromatic N) is 1. The minimum absolute atomic E-state index is 0.120. The maximum atomic E-state index is 13.2. The largest absolute Gasteiger partial charge is 0.497 e. The van der Waals surface area contributed by atoms with Crippen LogP contribution in [-0.4, -0.2) is 18.0 Å². The number of nitro benzene ring substituents is 1. The standard InChI is InChI=1S/C15H12FNO5/c1-21-12-4-2-3-10(7-12)8-15(18)22-14-9-11(16)5-6-13(14)17(19)20/h2-7,9H,8H2,1H3. The number of benzene rings is 2. The Kier molecular flexibility index (Phi) is 4.67. The molecule has 0 saturated carbocycles. The first-order valence-corrected chi connectivity index (χ1v) is 6.27. The number of carbonyl (C=O) groups is 1. The number of ether oxygens (including phenoxy) is 2. The van der Waals surface area contributed by atoms with Gasteiger partial charge in [-0.05, 0) is 23.8 Å². The van der Waals surface area contributed by atoms with Crippen molar-refractivity contribution in [3.05, 3.63) is 64.0 Å². The monoisotopic (exact) mass is 305 g/mol. The number of hydrogen-bond acceptors (Lipinski definition) is 5. The van der Waals surface area contributed by atoms with Crippen molar-refractivity contribution in [2.75, 3.05) is 7.11 Å². The van der Waals surface area contributed by atoms with Crippen LogP contribution >= 0.6 is 0 Å². The number of esters is 1. The third-order valence-electron chi connectivity index (χ3n) is 2.82. The molecule has 0 radical (unpaired) electrons. The van der Waals surface area contributed by atoms with Gasteiger partial charge in [-0.2, -0.15) is 0 Å². The average Bonchev–Trinajstić information content (AvgIpc) is 2.47. The van der Waals surface area contributed by atoms with Crippen LogP contribution in [0, 0.1) is 15.9 Å². The van der Waals surface area contributed by atoms with Crippen molar-refractivity contribution in [2.24, 2.45) is 0 Å². The van der Waals surface area contributed by atoms with Gasteiger partial charge in [-0.15, -0.1) is 0 Å². The van der Waals surface area contributed by atoms with E-state index in [-0.39, 0.29) is 6.42 Å². The third-order valence-corrected chi connectivity index (χ3v) is 2.82. The molecule has 0 saturated heterocycles. The van der Waals surface area contributed by atoms with E-state index in [1.807, 2.05) is 0 Å². The first-order valence-electron chi connectivity index (χ1n) is 6.27. The maximum Gasteiger partial charge on any atom is 0.315 e. The van der Waals surface area contributed by atoms with Gasteiger partial charge in [0.05, 0.1) is 18.5 Å². The molecule has 0 aliphatic carbocycles. The van der Waals surface area contributed by atoms with Crippen LogP contribution in [-0.2, 0) is 11.2 Å². The molecule has 0 unspecified atom stereocenters. The highest BCUT2D eigenvalue weighted by Crippen LogP contribution is 2.27. The summed E-state index contributed by atoms with van der Waals surface area (Å²) in [6, 6.07) is 9.42. The molecule has 7 heteroatoms. The predicted molar refractivity (Wildman–Crippen MR) is 75.4 cm³/mol. The zero-order chi connectivity index (χ0) is 16.1. The lowest BCUT2D eigenvalue weighted by Gasteiger charge is -2.06. The molecule has 6 nitrogen and oxygen atoms in total. The molecule has 114 valence electrons. The Morgan fingerprint density at radius 3 is 2.73 bits per heavy atom. The van der Waals surface area contributed by atoms with Gasteiger partial charge >= 0.3 is 11.7 Å². The minimum atomic E-state index is -0.742. The fraction of sp³-hybridized carbons (Fsp3) is 0.133. The highest BCUT2D eigenvalue weighted by Gasteiger charge is 2.19. The summed E-state index contributed by atoms with van der Waals surface area (Å²) >= 11 is 0. The normalized spacial score (nSPS) is 10.1. The smallest absolute Gasteiger partial charge is 0.315 e. The van der Waals surface area contributed by atoms with E-state index in [0.717, 1.165) is 18.2 Å². The van der Waals surface area contributed by atoms with Gasteiger partial charge in [0.1, 0.15) is 11.6 Å². The Labute approximate surface area is 125 Å². The van der Waals surface area contributed by atoms with Crippen molar-refractivity contribution in [3.8, 4) is 11.5 Å². The summed E-state index contributed by atoms with van der Waals surface area (Å²) in [5, 5.41) is 10.8. The summed E-state index contributed by atoms with van der Waals surface area (Å²) in [4.78, 5) is 21.9. The van der Waals surface area contributed by atoms with Gasteiger partial charge in [-0.1, -0.05) is 12.1 Å². The third kappa shape index (κ3) is 3.78. The second-order valence-corrected chi connectivity index (χ2v) is 4.37. The van der Waals surface area contributed by atoms with Gasteiger partial charge < -0.3 is 9.47 Å². The maximum absolute atomic E-state index is 13.2. The quantitative estimate of drug-likeness (QED) is 0.367. The highest BCUT2D eigenvalue weighted by molar-refractivity contribution is 5.76. The number of nitro groups is 1. The minimum Gasteiger partial charge on any atom is -0.497 e. The van der Waals surface area contributed by atoms with Crippen LogP contribution in [0.1, 0.15) is 5.56 Å². The molecule has 0 heterocycles.